The van der Waals surface area contributed by atoms with Crippen LogP contribution in [-0.4, -0.2) is 47.5 Å². The lowest BCUT2D eigenvalue weighted by Gasteiger charge is -2.27. The van der Waals surface area contributed by atoms with E-state index in [-0.39, 0.29) is 17.9 Å². The van der Waals surface area contributed by atoms with Crippen LogP contribution in [0.4, 0.5) is 0 Å². The first-order valence-electron chi connectivity index (χ1n) is 11.1. The van der Waals surface area contributed by atoms with Crippen molar-refractivity contribution in [3.8, 4) is 17.2 Å². The maximum absolute atomic E-state index is 13.3. The summed E-state index contributed by atoms with van der Waals surface area (Å²) >= 11 is 0. The first-order valence-corrected chi connectivity index (χ1v) is 11.1. The molecule has 8 nitrogen and oxygen atoms in total. The second-order valence-corrected chi connectivity index (χ2v) is 7.83. The number of hydrogen-bond acceptors (Lipinski definition) is 7. The van der Waals surface area contributed by atoms with Crippen molar-refractivity contribution < 1.29 is 28.9 Å². The van der Waals surface area contributed by atoms with E-state index in [9.17, 15) is 14.7 Å². The third-order valence-corrected chi connectivity index (χ3v) is 5.78. The van der Waals surface area contributed by atoms with E-state index in [0.29, 0.717) is 35.0 Å². The van der Waals surface area contributed by atoms with Crippen LogP contribution in [0.2, 0.25) is 0 Å². The maximum Gasteiger partial charge on any atom is 0.295 e. The fraction of sp³-hybridized carbons (Fsp3) is 0.222. The van der Waals surface area contributed by atoms with E-state index >= 15 is 0 Å². The summed E-state index contributed by atoms with van der Waals surface area (Å²) < 4.78 is 16.5. The Morgan fingerprint density at radius 2 is 1.80 bits per heavy atom. The number of ether oxygens (including phenoxy) is 3. The SMILES string of the molecule is CCOc1ccc(/C(O)=C2\C(=O)C(=O)N(Cc3cccnc3)[C@H]2c2cccc(OC)c2OC)cc1. The number of aromatic nitrogens is 1. The van der Waals surface area contributed by atoms with Gasteiger partial charge in [-0.2, -0.15) is 0 Å². The van der Waals surface area contributed by atoms with Crippen molar-refractivity contribution >= 4 is 17.4 Å². The summed E-state index contributed by atoms with van der Waals surface area (Å²) in [4.78, 5) is 32.1. The topological polar surface area (TPSA) is 98.2 Å². The summed E-state index contributed by atoms with van der Waals surface area (Å²) in [5.41, 5.74) is 1.61. The van der Waals surface area contributed by atoms with Crippen molar-refractivity contribution in [3.05, 3.63) is 89.3 Å². The smallest absolute Gasteiger partial charge is 0.295 e. The second kappa shape index (κ2) is 10.3. The molecular formula is C27H26N2O6. The molecule has 8 heteroatoms. The van der Waals surface area contributed by atoms with Crippen molar-refractivity contribution in [2.75, 3.05) is 20.8 Å². The number of ketones is 1. The van der Waals surface area contributed by atoms with Crippen LogP contribution in [0.1, 0.15) is 29.7 Å². The summed E-state index contributed by atoms with van der Waals surface area (Å²) in [5.74, 6) is -0.345. The van der Waals surface area contributed by atoms with Crippen molar-refractivity contribution in [1.82, 2.24) is 9.88 Å². The quantitative estimate of drug-likeness (QED) is 0.298. The molecule has 0 spiro atoms. The minimum atomic E-state index is -0.910. The van der Waals surface area contributed by atoms with Gasteiger partial charge in [-0.15, -0.1) is 0 Å². The van der Waals surface area contributed by atoms with E-state index in [1.54, 1.807) is 60.9 Å². The normalized spacial score (nSPS) is 16.9. The van der Waals surface area contributed by atoms with Crippen LogP contribution in [-0.2, 0) is 16.1 Å². The Balaban J connectivity index is 1.89. The Labute approximate surface area is 203 Å². The largest absolute Gasteiger partial charge is 0.507 e. The molecule has 180 valence electrons. The van der Waals surface area contributed by atoms with E-state index in [4.69, 9.17) is 14.2 Å². The van der Waals surface area contributed by atoms with E-state index < -0.39 is 17.7 Å². The number of nitrogens with zero attached hydrogens (tertiary/aromatic N) is 2. The number of methoxy groups -OCH3 is 2. The molecule has 1 amide bonds. The molecule has 4 rings (SSSR count). The predicted octanol–water partition coefficient (Wildman–Crippen LogP) is 4.12. The Kier molecular flexibility index (Phi) is 7.01. The molecule has 1 aromatic heterocycles. The Bertz CT molecular complexity index is 1250. The number of hydrogen-bond donors (Lipinski definition) is 1. The van der Waals surface area contributed by atoms with E-state index in [0.717, 1.165) is 5.56 Å². The van der Waals surface area contributed by atoms with Crippen molar-refractivity contribution in [3.63, 3.8) is 0 Å². The molecule has 0 saturated carbocycles. The number of aliphatic hydroxyl groups is 1. The number of pyridine rings is 1. The minimum Gasteiger partial charge on any atom is -0.507 e. The van der Waals surface area contributed by atoms with Gasteiger partial charge in [0.15, 0.2) is 11.5 Å². The van der Waals surface area contributed by atoms with Gasteiger partial charge < -0.3 is 24.2 Å². The fourth-order valence-corrected chi connectivity index (χ4v) is 4.21. The van der Waals surface area contributed by atoms with Crippen molar-refractivity contribution in [2.45, 2.75) is 19.5 Å². The molecule has 1 aliphatic rings. The van der Waals surface area contributed by atoms with Gasteiger partial charge in [0.1, 0.15) is 11.5 Å². The van der Waals surface area contributed by atoms with Gasteiger partial charge in [0.25, 0.3) is 11.7 Å². The lowest BCUT2D eigenvalue weighted by Crippen LogP contribution is -2.29. The van der Waals surface area contributed by atoms with Crippen LogP contribution >= 0.6 is 0 Å². The molecule has 1 aliphatic heterocycles. The number of aliphatic hydroxyl groups excluding tert-OH is 1. The summed E-state index contributed by atoms with van der Waals surface area (Å²) in [5, 5.41) is 11.3. The number of carbonyl (C=O) groups excluding carboxylic acids is 2. The molecule has 0 unspecified atom stereocenters. The van der Waals surface area contributed by atoms with Gasteiger partial charge in [-0.25, -0.2) is 0 Å². The van der Waals surface area contributed by atoms with Gasteiger partial charge in [-0.1, -0.05) is 18.2 Å². The molecule has 35 heavy (non-hydrogen) atoms. The number of para-hydroxylation sites is 1. The molecule has 1 saturated heterocycles. The van der Waals surface area contributed by atoms with Gasteiger partial charge in [0.05, 0.1) is 32.4 Å². The zero-order chi connectivity index (χ0) is 24.9. The zero-order valence-corrected chi connectivity index (χ0v) is 19.7. The highest BCUT2D eigenvalue weighted by Crippen LogP contribution is 2.46. The van der Waals surface area contributed by atoms with Crippen molar-refractivity contribution in [2.24, 2.45) is 0 Å². The van der Waals surface area contributed by atoms with Crippen LogP contribution in [0.3, 0.4) is 0 Å². The number of Topliss-reactive ketones (excluding diaryl/α,β-unsaturated/α-hetero) is 1. The van der Waals surface area contributed by atoms with Gasteiger partial charge in [0, 0.05) is 30.1 Å². The van der Waals surface area contributed by atoms with Gasteiger partial charge in [0.2, 0.25) is 0 Å². The van der Waals surface area contributed by atoms with Gasteiger partial charge in [-0.3, -0.25) is 14.6 Å². The summed E-state index contributed by atoms with van der Waals surface area (Å²) in [6, 6.07) is 14.6. The van der Waals surface area contributed by atoms with Crippen LogP contribution in [0.25, 0.3) is 5.76 Å². The lowest BCUT2D eigenvalue weighted by molar-refractivity contribution is -0.140. The van der Waals surface area contributed by atoms with E-state index in [2.05, 4.69) is 4.98 Å². The zero-order valence-electron chi connectivity index (χ0n) is 19.7. The molecular weight excluding hydrogens is 448 g/mol. The van der Waals surface area contributed by atoms with E-state index in [1.807, 2.05) is 13.0 Å². The van der Waals surface area contributed by atoms with Gasteiger partial charge >= 0.3 is 0 Å². The Hall–Kier alpha value is -4.33. The molecule has 0 radical (unpaired) electrons. The van der Waals surface area contributed by atoms with Crippen LogP contribution < -0.4 is 14.2 Å². The monoisotopic (exact) mass is 474 g/mol. The second-order valence-electron chi connectivity index (χ2n) is 7.83. The summed E-state index contributed by atoms with van der Waals surface area (Å²) in [6.07, 6.45) is 3.26. The number of rotatable bonds is 8. The molecule has 3 aromatic rings. The average molecular weight is 475 g/mol. The first-order chi connectivity index (χ1) is 17.0. The highest BCUT2D eigenvalue weighted by atomic mass is 16.5. The fourth-order valence-electron chi connectivity index (χ4n) is 4.21. The van der Waals surface area contributed by atoms with Crippen molar-refractivity contribution in [1.29, 1.82) is 0 Å². The standard InChI is InChI=1S/C27H26N2O6/c1-4-35-19-12-10-18(11-13-19)24(30)22-23(20-8-5-9-21(33-2)26(20)34-3)29(27(32)25(22)31)16-17-7-6-14-28-15-17/h5-15,23,30H,4,16H2,1-3H3/b24-22+/t23-/m0/s1. The minimum absolute atomic E-state index is 0.0328. The van der Waals surface area contributed by atoms with Crippen LogP contribution in [0.5, 0.6) is 17.2 Å². The molecule has 1 fully saturated rings. The average Bonchev–Trinajstić information content (AvgIpc) is 3.13. The summed E-state index contributed by atoms with van der Waals surface area (Å²) in [7, 11) is 3.00. The Morgan fingerprint density at radius 1 is 1.03 bits per heavy atom. The Morgan fingerprint density at radius 3 is 2.43 bits per heavy atom. The predicted molar refractivity (Wildman–Crippen MR) is 129 cm³/mol. The molecule has 1 N–H and O–H groups in total. The number of amides is 1. The first kappa shape index (κ1) is 23.8. The van der Waals surface area contributed by atoms with Crippen LogP contribution in [0.15, 0.2) is 72.6 Å². The number of carbonyl (C=O) groups is 2. The number of likely N-dealkylation sites (tertiary alicyclic amines) is 1. The highest BCUT2D eigenvalue weighted by molar-refractivity contribution is 6.46. The van der Waals surface area contributed by atoms with Crippen LogP contribution in [0, 0.1) is 0 Å². The molecule has 2 aromatic carbocycles. The van der Waals surface area contributed by atoms with Gasteiger partial charge in [-0.05, 0) is 48.9 Å². The third kappa shape index (κ3) is 4.55. The number of benzene rings is 2. The molecule has 0 aliphatic carbocycles. The maximum atomic E-state index is 13.3. The highest BCUT2D eigenvalue weighted by Gasteiger charge is 2.47. The van der Waals surface area contributed by atoms with E-state index in [1.165, 1.54) is 19.1 Å². The third-order valence-electron chi connectivity index (χ3n) is 5.78. The summed E-state index contributed by atoms with van der Waals surface area (Å²) in [6.45, 7) is 2.49. The molecule has 2 heterocycles. The molecule has 0 bridgehead atoms. The molecule has 1 atom stereocenters. The lowest BCUT2D eigenvalue weighted by atomic mass is 9.94.